The van der Waals surface area contributed by atoms with Gasteiger partial charge in [-0.25, -0.2) is 0 Å². The van der Waals surface area contributed by atoms with E-state index in [-0.39, 0.29) is 6.23 Å². The Kier molecular flexibility index (Phi) is 5.80. The molecular weight excluding hydrogens is 322 g/mol. The van der Waals surface area contributed by atoms with E-state index < -0.39 is 0 Å². The van der Waals surface area contributed by atoms with Gasteiger partial charge in [0.05, 0.1) is 7.11 Å². The SMILES string of the molecule is CCN(c1cccc(OC)c1)C(C)Oc1ccc(-c2ccccc2)cc1. The van der Waals surface area contributed by atoms with Gasteiger partial charge in [0.1, 0.15) is 11.5 Å². The highest BCUT2D eigenvalue weighted by Crippen LogP contribution is 2.26. The molecular formula is C23H25NO2. The summed E-state index contributed by atoms with van der Waals surface area (Å²) in [7, 11) is 1.68. The molecule has 0 aliphatic rings. The topological polar surface area (TPSA) is 21.7 Å². The van der Waals surface area contributed by atoms with Crippen LogP contribution in [0.3, 0.4) is 0 Å². The van der Waals surface area contributed by atoms with Gasteiger partial charge < -0.3 is 14.4 Å². The smallest absolute Gasteiger partial charge is 0.169 e. The Morgan fingerprint density at radius 1 is 0.808 bits per heavy atom. The third-order valence-corrected chi connectivity index (χ3v) is 4.43. The van der Waals surface area contributed by atoms with Crippen LogP contribution in [0.1, 0.15) is 13.8 Å². The van der Waals surface area contributed by atoms with Crippen molar-refractivity contribution in [3.05, 3.63) is 78.9 Å². The molecule has 1 unspecified atom stereocenters. The minimum atomic E-state index is -0.0883. The molecule has 0 fully saturated rings. The average Bonchev–Trinajstić information content (AvgIpc) is 2.70. The second kappa shape index (κ2) is 8.43. The van der Waals surface area contributed by atoms with Crippen molar-refractivity contribution in [1.82, 2.24) is 0 Å². The molecule has 1 atom stereocenters. The predicted molar refractivity (Wildman–Crippen MR) is 108 cm³/mol. The number of anilines is 1. The summed E-state index contributed by atoms with van der Waals surface area (Å²) in [5, 5.41) is 0. The zero-order valence-electron chi connectivity index (χ0n) is 15.6. The molecule has 134 valence electrons. The number of ether oxygens (including phenoxy) is 2. The number of rotatable bonds is 7. The van der Waals surface area contributed by atoms with E-state index in [0.29, 0.717) is 0 Å². The first-order chi connectivity index (χ1) is 12.7. The van der Waals surface area contributed by atoms with Crippen LogP contribution < -0.4 is 14.4 Å². The van der Waals surface area contributed by atoms with Gasteiger partial charge in [0.15, 0.2) is 6.23 Å². The van der Waals surface area contributed by atoms with Crippen molar-refractivity contribution in [2.24, 2.45) is 0 Å². The standard InChI is InChI=1S/C23H25NO2/c1-4-24(21-11-8-12-23(17-21)25-3)18(2)26-22-15-13-20(14-16-22)19-9-6-5-7-10-19/h5-18H,4H2,1-3H3. The molecule has 0 aromatic heterocycles. The predicted octanol–water partition coefficient (Wildman–Crippen LogP) is 5.61. The average molecular weight is 347 g/mol. The maximum Gasteiger partial charge on any atom is 0.169 e. The Balaban J connectivity index is 1.72. The lowest BCUT2D eigenvalue weighted by Crippen LogP contribution is -2.37. The van der Waals surface area contributed by atoms with Crippen LogP contribution in [-0.2, 0) is 0 Å². The fourth-order valence-electron chi connectivity index (χ4n) is 3.06. The highest BCUT2D eigenvalue weighted by Gasteiger charge is 2.15. The highest BCUT2D eigenvalue weighted by atomic mass is 16.5. The van der Waals surface area contributed by atoms with Crippen molar-refractivity contribution >= 4 is 5.69 Å². The fraction of sp³-hybridized carbons (Fsp3) is 0.217. The summed E-state index contributed by atoms with van der Waals surface area (Å²) < 4.78 is 11.5. The van der Waals surface area contributed by atoms with Gasteiger partial charge in [0.2, 0.25) is 0 Å². The van der Waals surface area contributed by atoms with E-state index in [2.05, 4.69) is 61.2 Å². The number of nitrogens with zero attached hydrogens (tertiary/aromatic N) is 1. The van der Waals surface area contributed by atoms with E-state index in [9.17, 15) is 0 Å². The van der Waals surface area contributed by atoms with E-state index in [0.717, 1.165) is 23.7 Å². The first-order valence-corrected chi connectivity index (χ1v) is 8.94. The third-order valence-electron chi connectivity index (χ3n) is 4.43. The molecule has 0 heterocycles. The minimum absolute atomic E-state index is 0.0883. The molecule has 0 radical (unpaired) electrons. The van der Waals surface area contributed by atoms with Gasteiger partial charge in [-0.15, -0.1) is 0 Å². The molecule has 0 spiro atoms. The Morgan fingerprint density at radius 2 is 1.50 bits per heavy atom. The number of hydrogen-bond acceptors (Lipinski definition) is 3. The molecule has 26 heavy (non-hydrogen) atoms. The molecule has 0 saturated carbocycles. The van der Waals surface area contributed by atoms with Crippen molar-refractivity contribution in [1.29, 1.82) is 0 Å². The quantitative estimate of drug-likeness (QED) is 0.518. The van der Waals surface area contributed by atoms with Crippen LogP contribution in [0.2, 0.25) is 0 Å². The summed E-state index contributed by atoms with van der Waals surface area (Å²) >= 11 is 0. The minimum Gasteiger partial charge on any atom is -0.497 e. The first-order valence-electron chi connectivity index (χ1n) is 8.94. The van der Waals surface area contributed by atoms with Gasteiger partial charge in [-0.3, -0.25) is 0 Å². The first kappa shape index (κ1) is 17.9. The van der Waals surface area contributed by atoms with Gasteiger partial charge in [0, 0.05) is 18.3 Å². The van der Waals surface area contributed by atoms with E-state index in [1.54, 1.807) is 7.11 Å². The molecule has 3 aromatic carbocycles. The lowest BCUT2D eigenvalue weighted by Gasteiger charge is -2.30. The molecule has 0 aliphatic carbocycles. The van der Waals surface area contributed by atoms with Gasteiger partial charge in [-0.1, -0.05) is 48.5 Å². The summed E-state index contributed by atoms with van der Waals surface area (Å²) in [6, 6.07) is 26.6. The van der Waals surface area contributed by atoms with Gasteiger partial charge in [-0.05, 0) is 49.2 Å². The molecule has 0 amide bonds. The molecule has 0 bridgehead atoms. The van der Waals surface area contributed by atoms with E-state index in [4.69, 9.17) is 9.47 Å². The van der Waals surface area contributed by atoms with Gasteiger partial charge in [0.25, 0.3) is 0 Å². The maximum absolute atomic E-state index is 6.17. The number of methoxy groups -OCH3 is 1. The van der Waals surface area contributed by atoms with Crippen LogP contribution in [-0.4, -0.2) is 19.9 Å². The zero-order valence-corrected chi connectivity index (χ0v) is 15.6. The van der Waals surface area contributed by atoms with Crippen molar-refractivity contribution in [3.8, 4) is 22.6 Å². The van der Waals surface area contributed by atoms with Crippen LogP contribution in [0.25, 0.3) is 11.1 Å². The monoisotopic (exact) mass is 347 g/mol. The molecule has 3 nitrogen and oxygen atoms in total. The van der Waals surface area contributed by atoms with Crippen LogP contribution >= 0.6 is 0 Å². The van der Waals surface area contributed by atoms with Crippen molar-refractivity contribution < 1.29 is 9.47 Å². The summed E-state index contributed by atoms with van der Waals surface area (Å²) in [5.41, 5.74) is 3.48. The Bertz CT molecular complexity index is 815. The van der Waals surface area contributed by atoms with E-state index in [1.807, 2.05) is 36.4 Å². The molecule has 3 rings (SSSR count). The molecule has 3 heteroatoms. The number of benzene rings is 3. The third kappa shape index (κ3) is 4.17. The van der Waals surface area contributed by atoms with E-state index >= 15 is 0 Å². The second-order valence-corrected chi connectivity index (χ2v) is 6.10. The lowest BCUT2D eigenvalue weighted by atomic mass is 10.1. The summed E-state index contributed by atoms with van der Waals surface area (Å²) in [6.45, 7) is 5.03. The summed E-state index contributed by atoms with van der Waals surface area (Å²) in [4.78, 5) is 2.20. The van der Waals surface area contributed by atoms with Crippen LogP contribution in [0.4, 0.5) is 5.69 Å². The van der Waals surface area contributed by atoms with Crippen LogP contribution in [0.15, 0.2) is 78.9 Å². The molecule has 3 aromatic rings. The second-order valence-electron chi connectivity index (χ2n) is 6.10. The van der Waals surface area contributed by atoms with Gasteiger partial charge in [-0.2, -0.15) is 0 Å². The normalized spacial score (nSPS) is 11.7. The Hall–Kier alpha value is -2.94. The van der Waals surface area contributed by atoms with Gasteiger partial charge >= 0.3 is 0 Å². The van der Waals surface area contributed by atoms with Crippen LogP contribution in [0, 0.1) is 0 Å². The zero-order chi connectivity index (χ0) is 18.4. The number of hydrogen-bond donors (Lipinski definition) is 0. The van der Waals surface area contributed by atoms with E-state index in [1.165, 1.54) is 11.1 Å². The Morgan fingerprint density at radius 3 is 2.15 bits per heavy atom. The van der Waals surface area contributed by atoms with Crippen molar-refractivity contribution in [2.75, 3.05) is 18.6 Å². The largest absolute Gasteiger partial charge is 0.497 e. The summed E-state index contributed by atoms with van der Waals surface area (Å²) in [5.74, 6) is 1.71. The fourth-order valence-corrected chi connectivity index (χ4v) is 3.06. The van der Waals surface area contributed by atoms with Crippen molar-refractivity contribution in [2.45, 2.75) is 20.1 Å². The highest BCUT2D eigenvalue weighted by molar-refractivity contribution is 5.64. The summed E-state index contributed by atoms with van der Waals surface area (Å²) in [6.07, 6.45) is -0.0883. The molecule has 0 aliphatic heterocycles. The lowest BCUT2D eigenvalue weighted by molar-refractivity contribution is 0.216. The molecule has 0 N–H and O–H groups in total. The van der Waals surface area contributed by atoms with Crippen LogP contribution in [0.5, 0.6) is 11.5 Å². The van der Waals surface area contributed by atoms with Crippen molar-refractivity contribution in [3.63, 3.8) is 0 Å². The molecule has 0 saturated heterocycles. The maximum atomic E-state index is 6.17. The Labute approximate surface area is 155 Å².